The number of hydrogen-bond acceptors (Lipinski definition) is 3. The van der Waals surface area contributed by atoms with Crippen LogP contribution in [0.25, 0.3) is 0 Å². The summed E-state index contributed by atoms with van der Waals surface area (Å²) in [6, 6.07) is 2.06. The van der Waals surface area contributed by atoms with Crippen LogP contribution >= 0.6 is 0 Å². The van der Waals surface area contributed by atoms with E-state index >= 15 is 0 Å². The molecule has 0 aromatic carbocycles. The van der Waals surface area contributed by atoms with Gasteiger partial charge in [0.05, 0.1) is 17.6 Å². The number of amides is 2. The topological polar surface area (TPSA) is 82.0 Å². The quantitative estimate of drug-likeness (QED) is 0.782. The lowest BCUT2D eigenvalue weighted by Gasteiger charge is -2.44. The Bertz CT molecular complexity index is 444. The summed E-state index contributed by atoms with van der Waals surface area (Å²) in [5.41, 5.74) is -1.31. The number of carbonyl (C=O) groups excluding carboxylic acids is 2. The number of rotatable bonds is 2. The van der Waals surface area contributed by atoms with E-state index in [9.17, 15) is 14.9 Å². The minimum absolute atomic E-state index is 0.0164. The summed E-state index contributed by atoms with van der Waals surface area (Å²) in [6.45, 7) is 5.85. The van der Waals surface area contributed by atoms with Crippen LogP contribution in [0.1, 0.15) is 46.5 Å². The van der Waals surface area contributed by atoms with Gasteiger partial charge in [-0.1, -0.05) is 6.92 Å². The van der Waals surface area contributed by atoms with Crippen LogP contribution in [-0.4, -0.2) is 23.4 Å². The van der Waals surface area contributed by atoms with Crippen molar-refractivity contribution in [2.45, 2.75) is 58.0 Å². The molecular weight excluding hydrogens is 242 g/mol. The van der Waals surface area contributed by atoms with E-state index in [1.54, 1.807) is 0 Å². The van der Waals surface area contributed by atoms with Crippen LogP contribution in [0.2, 0.25) is 0 Å². The number of nitrogens with zero attached hydrogens (tertiary/aromatic N) is 1. The molecule has 0 spiro atoms. The van der Waals surface area contributed by atoms with Crippen LogP contribution in [0, 0.1) is 22.7 Å². The first-order chi connectivity index (χ1) is 8.79. The highest BCUT2D eigenvalue weighted by Gasteiger charge is 2.50. The summed E-state index contributed by atoms with van der Waals surface area (Å²) in [7, 11) is 0. The van der Waals surface area contributed by atoms with Crippen molar-refractivity contribution in [3.8, 4) is 6.07 Å². The van der Waals surface area contributed by atoms with E-state index in [2.05, 4.69) is 16.7 Å². The van der Waals surface area contributed by atoms with E-state index < -0.39 is 11.0 Å². The highest BCUT2D eigenvalue weighted by Crippen LogP contribution is 2.45. The molecule has 104 valence electrons. The Hall–Kier alpha value is -1.57. The van der Waals surface area contributed by atoms with Crippen molar-refractivity contribution in [2.24, 2.45) is 11.3 Å². The highest BCUT2D eigenvalue weighted by molar-refractivity contribution is 5.87. The predicted molar refractivity (Wildman–Crippen MR) is 69.8 cm³/mol. The second-order valence-corrected chi connectivity index (χ2v) is 6.54. The fourth-order valence-electron chi connectivity index (χ4n) is 3.15. The number of nitrogens with one attached hydrogen (secondary N) is 2. The lowest BCUT2D eigenvalue weighted by atomic mass is 9.63. The van der Waals surface area contributed by atoms with Gasteiger partial charge in [0.25, 0.3) is 0 Å². The van der Waals surface area contributed by atoms with Crippen molar-refractivity contribution in [2.75, 3.05) is 0 Å². The molecule has 2 amide bonds. The van der Waals surface area contributed by atoms with Crippen molar-refractivity contribution >= 4 is 11.8 Å². The molecule has 19 heavy (non-hydrogen) atoms. The molecule has 0 bridgehead atoms. The van der Waals surface area contributed by atoms with Gasteiger partial charge in [0, 0.05) is 6.42 Å². The summed E-state index contributed by atoms with van der Waals surface area (Å²) < 4.78 is 0. The Balaban J connectivity index is 2.03. The summed E-state index contributed by atoms with van der Waals surface area (Å²) in [5.74, 6) is 0.273. The van der Waals surface area contributed by atoms with Crippen molar-refractivity contribution in [3.05, 3.63) is 0 Å². The van der Waals surface area contributed by atoms with Gasteiger partial charge in [0.2, 0.25) is 11.8 Å². The molecule has 2 aliphatic rings. The molecule has 1 unspecified atom stereocenters. The molecule has 2 fully saturated rings. The van der Waals surface area contributed by atoms with E-state index in [1.807, 2.05) is 20.8 Å². The molecule has 1 heterocycles. The van der Waals surface area contributed by atoms with Crippen LogP contribution in [0.4, 0.5) is 0 Å². The molecule has 0 aromatic heterocycles. The van der Waals surface area contributed by atoms with Crippen LogP contribution in [0.3, 0.4) is 0 Å². The Labute approximate surface area is 113 Å². The molecule has 5 heteroatoms. The SMILES string of the molecule is CC1CC(C#N)(C(=O)NC2CCC(=O)NC2(C)C)C1. The van der Waals surface area contributed by atoms with Gasteiger partial charge in [-0.3, -0.25) is 9.59 Å². The molecule has 1 atom stereocenters. The lowest BCUT2D eigenvalue weighted by Crippen LogP contribution is -2.64. The average Bonchev–Trinajstić information content (AvgIpc) is 2.27. The standard InChI is InChI=1S/C14H21N3O2/c1-9-6-14(7-9,8-15)12(19)16-10-4-5-11(18)17-13(10,2)3/h9-10H,4-7H2,1-3H3,(H,16,19)(H,17,18). The van der Waals surface area contributed by atoms with Gasteiger partial charge in [-0.2, -0.15) is 5.26 Å². The molecule has 0 radical (unpaired) electrons. The van der Waals surface area contributed by atoms with Crippen LogP contribution in [-0.2, 0) is 9.59 Å². The van der Waals surface area contributed by atoms with E-state index in [1.165, 1.54) is 0 Å². The largest absolute Gasteiger partial charge is 0.350 e. The van der Waals surface area contributed by atoms with Crippen LogP contribution < -0.4 is 10.6 Å². The molecule has 1 aliphatic heterocycles. The van der Waals surface area contributed by atoms with Gasteiger partial charge in [-0.05, 0) is 39.0 Å². The maximum Gasteiger partial charge on any atom is 0.240 e. The van der Waals surface area contributed by atoms with E-state index in [0.717, 1.165) is 0 Å². The first-order valence-electron chi connectivity index (χ1n) is 6.82. The number of hydrogen-bond donors (Lipinski definition) is 2. The third kappa shape index (κ3) is 2.44. The molecule has 1 saturated carbocycles. The number of carbonyl (C=O) groups is 2. The van der Waals surface area contributed by atoms with Gasteiger partial charge < -0.3 is 10.6 Å². The Morgan fingerprint density at radius 2 is 2.11 bits per heavy atom. The molecule has 0 aromatic rings. The predicted octanol–water partition coefficient (Wildman–Crippen LogP) is 1.10. The first-order valence-corrected chi connectivity index (χ1v) is 6.82. The Kier molecular flexibility index (Phi) is 3.29. The first kappa shape index (κ1) is 13.9. The number of piperidine rings is 1. The molecule has 1 saturated heterocycles. The maximum atomic E-state index is 12.3. The molecular formula is C14H21N3O2. The van der Waals surface area contributed by atoms with E-state index in [4.69, 9.17) is 0 Å². The zero-order valence-corrected chi connectivity index (χ0v) is 11.7. The zero-order chi connectivity index (χ0) is 14.3. The minimum atomic E-state index is -0.850. The van der Waals surface area contributed by atoms with Gasteiger partial charge in [0.15, 0.2) is 0 Å². The Morgan fingerprint density at radius 1 is 1.47 bits per heavy atom. The second-order valence-electron chi connectivity index (χ2n) is 6.54. The van der Waals surface area contributed by atoms with Gasteiger partial charge >= 0.3 is 0 Å². The van der Waals surface area contributed by atoms with Gasteiger partial charge in [0.1, 0.15) is 5.41 Å². The third-order valence-electron chi connectivity index (χ3n) is 4.34. The molecule has 5 nitrogen and oxygen atoms in total. The summed E-state index contributed by atoms with van der Waals surface area (Å²) in [5, 5.41) is 15.1. The van der Waals surface area contributed by atoms with Crippen molar-refractivity contribution < 1.29 is 9.59 Å². The smallest absolute Gasteiger partial charge is 0.240 e. The van der Waals surface area contributed by atoms with Gasteiger partial charge in [-0.25, -0.2) is 0 Å². The van der Waals surface area contributed by atoms with E-state index in [0.29, 0.717) is 31.6 Å². The minimum Gasteiger partial charge on any atom is -0.350 e. The fraction of sp³-hybridized carbons (Fsp3) is 0.786. The monoisotopic (exact) mass is 263 g/mol. The lowest BCUT2D eigenvalue weighted by molar-refractivity contribution is -0.137. The summed E-state index contributed by atoms with van der Waals surface area (Å²) in [6.07, 6.45) is 2.32. The van der Waals surface area contributed by atoms with Crippen LogP contribution in [0.15, 0.2) is 0 Å². The molecule has 2 rings (SSSR count). The second kappa shape index (κ2) is 4.52. The molecule has 1 aliphatic carbocycles. The zero-order valence-electron chi connectivity index (χ0n) is 11.7. The third-order valence-corrected chi connectivity index (χ3v) is 4.34. The maximum absolute atomic E-state index is 12.3. The van der Waals surface area contributed by atoms with Gasteiger partial charge in [-0.15, -0.1) is 0 Å². The Morgan fingerprint density at radius 3 is 2.58 bits per heavy atom. The van der Waals surface area contributed by atoms with Crippen molar-refractivity contribution in [1.82, 2.24) is 10.6 Å². The van der Waals surface area contributed by atoms with Crippen LogP contribution in [0.5, 0.6) is 0 Å². The summed E-state index contributed by atoms with van der Waals surface area (Å²) >= 11 is 0. The van der Waals surface area contributed by atoms with E-state index in [-0.39, 0.29) is 17.9 Å². The molecule has 2 N–H and O–H groups in total. The number of nitriles is 1. The highest BCUT2D eigenvalue weighted by atomic mass is 16.2. The normalized spacial score (nSPS) is 36.6. The van der Waals surface area contributed by atoms with Crippen molar-refractivity contribution in [3.63, 3.8) is 0 Å². The summed E-state index contributed by atoms with van der Waals surface area (Å²) in [4.78, 5) is 23.7. The van der Waals surface area contributed by atoms with Crippen molar-refractivity contribution in [1.29, 1.82) is 5.26 Å². The fourth-order valence-corrected chi connectivity index (χ4v) is 3.15. The average molecular weight is 263 g/mol.